The van der Waals surface area contributed by atoms with Crippen LogP contribution in [0.15, 0.2) is 42.5 Å². The Hall–Kier alpha value is -2.28. The van der Waals surface area contributed by atoms with E-state index in [1.54, 1.807) is 42.3 Å². The maximum atomic E-state index is 12.0. The minimum atomic E-state index is -0.316. The first-order valence-corrected chi connectivity index (χ1v) is 9.50. The van der Waals surface area contributed by atoms with Gasteiger partial charge in [0.25, 0.3) is 0 Å². The summed E-state index contributed by atoms with van der Waals surface area (Å²) in [7, 11) is 1.80. The highest BCUT2D eigenvalue weighted by Crippen LogP contribution is 2.23. The number of hydrogen-bond donors (Lipinski definition) is 2. The number of carbonyl (C=O) groups excluding carboxylic acids is 2. The Kier molecular flexibility index (Phi) is 8.57. The van der Waals surface area contributed by atoms with Crippen molar-refractivity contribution in [1.82, 2.24) is 10.2 Å². The van der Waals surface area contributed by atoms with E-state index in [0.717, 1.165) is 5.56 Å². The van der Waals surface area contributed by atoms with Crippen molar-refractivity contribution in [2.24, 2.45) is 0 Å². The van der Waals surface area contributed by atoms with Crippen LogP contribution in [0.25, 0.3) is 0 Å². The van der Waals surface area contributed by atoms with Gasteiger partial charge in [-0.3, -0.25) is 14.5 Å². The number of likely N-dealkylation sites (N-methyl/N-ethyl adjacent to an activating group) is 1. The van der Waals surface area contributed by atoms with Gasteiger partial charge in [-0.15, -0.1) is 0 Å². The van der Waals surface area contributed by atoms with Crippen LogP contribution in [-0.4, -0.2) is 50.0 Å². The molecule has 0 aliphatic carbocycles. The van der Waals surface area contributed by atoms with Crippen LogP contribution in [0.1, 0.15) is 5.56 Å². The molecule has 8 heteroatoms. The number of para-hydroxylation sites is 1. The Labute approximate surface area is 174 Å². The second-order valence-corrected chi connectivity index (χ2v) is 7.07. The lowest BCUT2D eigenvalue weighted by atomic mass is 10.2. The molecule has 6 nitrogen and oxygen atoms in total. The zero-order chi connectivity index (χ0) is 20.5. The average Bonchev–Trinajstić information content (AvgIpc) is 2.65. The highest BCUT2D eigenvalue weighted by Gasteiger charge is 2.11. The minimum absolute atomic E-state index is 0.116. The van der Waals surface area contributed by atoms with Gasteiger partial charge < -0.3 is 15.4 Å². The molecule has 28 heavy (non-hydrogen) atoms. The Balaban J connectivity index is 1.67. The zero-order valence-corrected chi connectivity index (χ0v) is 17.3. The summed E-state index contributed by atoms with van der Waals surface area (Å²) in [6.45, 7) is 2.77. The SMILES string of the molecule is Cc1c(Cl)cccc1NC(=O)CNC(=O)CN(C)CCOc1ccccc1Cl. The molecule has 0 radical (unpaired) electrons. The number of amides is 2. The van der Waals surface area contributed by atoms with Crippen molar-refractivity contribution in [2.75, 3.05) is 38.6 Å². The summed E-state index contributed by atoms with van der Waals surface area (Å²) in [5, 5.41) is 6.45. The van der Waals surface area contributed by atoms with E-state index in [2.05, 4.69) is 10.6 Å². The zero-order valence-electron chi connectivity index (χ0n) is 15.8. The van der Waals surface area contributed by atoms with Crippen LogP contribution in [0.5, 0.6) is 5.75 Å². The quantitative estimate of drug-likeness (QED) is 0.648. The molecular weight excluding hydrogens is 401 g/mol. The van der Waals surface area contributed by atoms with Crippen molar-refractivity contribution in [1.29, 1.82) is 0 Å². The second kappa shape index (κ2) is 10.9. The van der Waals surface area contributed by atoms with Crippen LogP contribution in [0.2, 0.25) is 10.0 Å². The first-order valence-electron chi connectivity index (χ1n) is 8.74. The molecule has 0 fully saturated rings. The normalized spacial score (nSPS) is 10.6. The molecule has 0 saturated carbocycles. The van der Waals surface area contributed by atoms with E-state index in [1.807, 2.05) is 19.1 Å². The third kappa shape index (κ3) is 7.03. The standard InChI is InChI=1S/C20H23Cl2N3O3/c1-14-15(21)7-5-8-17(14)24-19(26)12-23-20(27)13-25(2)10-11-28-18-9-4-3-6-16(18)22/h3-9H,10-13H2,1-2H3,(H,23,27)(H,24,26). The monoisotopic (exact) mass is 423 g/mol. The van der Waals surface area contributed by atoms with Crippen molar-refractivity contribution in [2.45, 2.75) is 6.92 Å². The second-order valence-electron chi connectivity index (χ2n) is 6.25. The third-order valence-electron chi connectivity index (χ3n) is 3.97. The van der Waals surface area contributed by atoms with Gasteiger partial charge >= 0.3 is 0 Å². The van der Waals surface area contributed by atoms with Crippen molar-refractivity contribution >= 4 is 40.7 Å². The number of hydrogen-bond acceptors (Lipinski definition) is 4. The van der Waals surface area contributed by atoms with Gasteiger partial charge in [-0.2, -0.15) is 0 Å². The predicted molar refractivity (Wildman–Crippen MR) is 112 cm³/mol. The molecule has 0 unspecified atom stereocenters. The van der Waals surface area contributed by atoms with Gasteiger partial charge in [0.05, 0.1) is 18.1 Å². The summed E-state index contributed by atoms with van der Waals surface area (Å²) < 4.78 is 5.59. The molecule has 2 aromatic carbocycles. The molecule has 2 N–H and O–H groups in total. The lowest BCUT2D eigenvalue weighted by molar-refractivity contribution is -0.124. The lowest BCUT2D eigenvalue weighted by Gasteiger charge is -2.17. The highest BCUT2D eigenvalue weighted by molar-refractivity contribution is 6.32. The summed E-state index contributed by atoms with van der Waals surface area (Å²) in [5.41, 5.74) is 1.41. The first-order chi connectivity index (χ1) is 13.4. The summed E-state index contributed by atoms with van der Waals surface area (Å²) in [5.74, 6) is 0.0385. The number of ether oxygens (including phenoxy) is 1. The molecule has 2 rings (SSSR count). The van der Waals surface area contributed by atoms with E-state index >= 15 is 0 Å². The molecule has 0 spiro atoms. The van der Waals surface area contributed by atoms with Crippen molar-refractivity contribution in [3.05, 3.63) is 58.1 Å². The van der Waals surface area contributed by atoms with Crippen molar-refractivity contribution in [3.8, 4) is 5.75 Å². The number of nitrogens with one attached hydrogen (secondary N) is 2. The van der Waals surface area contributed by atoms with Crippen LogP contribution >= 0.6 is 23.2 Å². The van der Waals surface area contributed by atoms with Gasteiger partial charge in [-0.1, -0.05) is 41.4 Å². The Morgan fingerprint density at radius 2 is 1.75 bits per heavy atom. The molecule has 2 amide bonds. The summed E-state index contributed by atoms with van der Waals surface area (Å²) in [4.78, 5) is 25.8. The van der Waals surface area contributed by atoms with E-state index in [-0.39, 0.29) is 24.9 Å². The van der Waals surface area contributed by atoms with Crippen LogP contribution in [-0.2, 0) is 9.59 Å². The topological polar surface area (TPSA) is 70.7 Å². The molecule has 0 saturated heterocycles. The summed E-state index contributed by atoms with van der Waals surface area (Å²) in [6.07, 6.45) is 0. The third-order valence-corrected chi connectivity index (χ3v) is 4.69. The number of anilines is 1. The van der Waals surface area contributed by atoms with E-state index in [0.29, 0.717) is 34.6 Å². The molecule has 0 aromatic heterocycles. The largest absolute Gasteiger partial charge is 0.491 e. The molecule has 0 aliphatic rings. The lowest BCUT2D eigenvalue weighted by Crippen LogP contribution is -2.40. The minimum Gasteiger partial charge on any atom is -0.491 e. The predicted octanol–water partition coefficient (Wildman–Crippen LogP) is 3.37. The van der Waals surface area contributed by atoms with E-state index in [9.17, 15) is 9.59 Å². The van der Waals surface area contributed by atoms with Crippen molar-refractivity contribution < 1.29 is 14.3 Å². The molecular formula is C20H23Cl2N3O3. The molecule has 0 aliphatic heterocycles. The van der Waals surface area contributed by atoms with Crippen LogP contribution in [0.3, 0.4) is 0 Å². The van der Waals surface area contributed by atoms with Crippen LogP contribution < -0.4 is 15.4 Å². The fraction of sp³-hybridized carbons (Fsp3) is 0.300. The molecule has 150 valence electrons. The van der Waals surface area contributed by atoms with Gasteiger partial charge in [-0.25, -0.2) is 0 Å². The fourth-order valence-electron chi connectivity index (χ4n) is 2.37. The molecule has 2 aromatic rings. The van der Waals surface area contributed by atoms with Gasteiger partial charge in [0.1, 0.15) is 12.4 Å². The number of carbonyl (C=O) groups is 2. The maximum Gasteiger partial charge on any atom is 0.243 e. The van der Waals surface area contributed by atoms with E-state index in [4.69, 9.17) is 27.9 Å². The highest BCUT2D eigenvalue weighted by atomic mass is 35.5. The van der Waals surface area contributed by atoms with Gasteiger partial charge in [-0.05, 0) is 43.8 Å². The number of benzene rings is 2. The van der Waals surface area contributed by atoms with Gasteiger partial charge in [0.15, 0.2) is 0 Å². The number of rotatable bonds is 9. The van der Waals surface area contributed by atoms with Crippen molar-refractivity contribution in [3.63, 3.8) is 0 Å². The Morgan fingerprint density at radius 1 is 1.04 bits per heavy atom. The molecule has 0 bridgehead atoms. The Bertz CT molecular complexity index is 830. The number of halogens is 2. The first kappa shape index (κ1) is 22.0. The smallest absolute Gasteiger partial charge is 0.243 e. The summed E-state index contributed by atoms with van der Waals surface area (Å²) >= 11 is 12.1. The van der Waals surface area contributed by atoms with Gasteiger partial charge in [0.2, 0.25) is 11.8 Å². The van der Waals surface area contributed by atoms with Gasteiger partial charge in [0, 0.05) is 17.3 Å². The van der Waals surface area contributed by atoms with E-state index in [1.165, 1.54) is 0 Å². The Morgan fingerprint density at radius 3 is 2.50 bits per heavy atom. The summed E-state index contributed by atoms with van der Waals surface area (Å²) in [6, 6.07) is 12.5. The maximum absolute atomic E-state index is 12.0. The fourth-order valence-corrected chi connectivity index (χ4v) is 2.73. The molecule has 0 heterocycles. The van der Waals surface area contributed by atoms with E-state index < -0.39 is 0 Å². The average molecular weight is 424 g/mol. The number of nitrogens with zero attached hydrogens (tertiary/aromatic N) is 1. The molecule has 0 atom stereocenters. The van der Waals surface area contributed by atoms with Crippen LogP contribution in [0, 0.1) is 6.92 Å². The van der Waals surface area contributed by atoms with Crippen LogP contribution in [0.4, 0.5) is 5.69 Å².